The van der Waals surface area contributed by atoms with Crippen LogP contribution in [0.2, 0.25) is 0 Å². The first-order valence-electron chi connectivity index (χ1n) is 6.29. The van der Waals surface area contributed by atoms with E-state index in [2.05, 4.69) is 12.2 Å². The van der Waals surface area contributed by atoms with Crippen molar-refractivity contribution in [3.63, 3.8) is 0 Å². The van der Waals surface area contributed by atoms with E-state index in [1.807, 2.05) is 24.3 Å². The predicted molar refractivity (Wildman–Crippen MR) is 76.8 cm³/mol. The molecule has 1 aromatic rings. The number of carbonyl (C=O) groups is 1. The third-order valence-electron chi connectivity index (χ3n) is 3.74. The van der Waals surface area contributed by atoms with Gasteiger partial charge >= 0.3 is 0 Å². The fourth-order valence-corrected chi connectivity index (χ4v) is 2.33. The second-order valence-electron chi connectivity index (χ2n) is 4.95. The van der Waals surface area contributed by atoms with Gasteiger partial charge in [0.2, 0.25) is 5.91 Å². The van der Waals surface area contributed by atoms with E-state index in [9.17, 15) is 4.79 Å². The molecule has 1 fully saturated rings. The second kappa shape index (κ2) is 6.10. The van der Waals surface area contributed by atoms with E-state index >= 15 is 0 Å². The Morgan fingerprint density at radius 2 is 1.94 bits per heavy atom. The van der Waals surface area contributed by atoms with Crippen molar-refractivity contribution in [2.75, 3.05) is 5.73 Å². The lowest BCUT2D eigenvalue weighted by atomic mass is 9.75. The van der Waals surface area contributed by atoms with Crippen LogP contribution in [0.3, 0.4) is 0 Å². The van der Waals surface area contributed by atoms with Crippen molar-refractivity contribution < 1.29 is 4.79 Å². The van der Waals surface area contributed by atoms with E-state index in [0.717, 1.165) is 30.5 Å². The molecule has 2 rings (SSSR count). The summed E-state index contributed by atoms with van der Waals surface area (Å²) in [4.78, 5) is 11.9. The molecular weight excluding hydrogens is 248 g/mol. The Balaban J connectivity index is 0.00000162. The minimum atomic E-state index is 0. The van der Waals surface area contributed by atoms with Gasteiger partial charge in [0, 0.05) is 11.2 Å². The Hall–Kier alpha value is -1.22. The maximum Gasteiger partial charge on any atom is 0.224 e. The summed E-state index contributed by atoms with van der Waals surface area (Å²) in [5.41, 5.74) is 7.45. The summed E-state index contributed by atoms with van der Waals surface area (Å²) in [6, 6.07) is 7.49. The molecule has 0 heterocycles. The van der Waals surface area contributed by atoms with Crippen LogP contribution in [-0.4, -0.2) is 11.4 Å². The Morgan fingerprint density at radius 3 is 2.39 bits per heavy atom. The summed E-state index contributed by atoms with van der Waals surface area (Å²) in [5, 5.41) is 3.17. The van der Waals surface area contributed by atoms with Crippen molar-refractivity contribution in [3.05, 3.63) is 29.8 Å². The molecule has 1 aliphatic carbocycles. The molecule has 18 heavy (non-hydrogen) atoms. The lowest BCUT2D eigenvalue weighted by molar-refractivity contribution is -0.123. The number of halogens is 1. The molecule has 4 heteroatoms. The molecule has 1 saturated carbocycles. The number of nitrogens with two attached hydrogens (primary N) is 1. The monoisotopic (exact) mass is 268 g/mol. The van der Waals surface area contributed by atoms with E-state index in [4.69, 9.17) is 5.73 Å². The molecule has 100 valence electrons. The topological polar surface area (TPSA) is 55.1 Å². The van der Waals surface area contributed by atoms with Gasteiger partial charge in [0.05, 0.1) is 6.42 Å². The van der Waals surface area contributed by atoms with E-state index in [-0.39, 0.29) is 23.9 Å². The number of nitrogens with one attached hydrogen (secondary N) is 1. The van der Waals surface area contributed by atoms with E-state index < -0.39 is 0 Å². The summed E-state index contributed by atoms with van der Waals surface area (Å²) in [5.74, 6) is 0.122. The van der Waals surface area contributed by atoms with Crippen molar-refractivity contribution in [2.45, 2.75) is 44.6 Å². The maximum atomic E-state index is 11.9. The van der Waals surface area contributed by atoms with E-state index in [1.165, 1.54) is 6.42 Å². The third kappa shape index (κ3) is 3.39. The second-order valence-corrected chi connectivity index (χ2v) is 4.95. The van der Waals surface area contributed by atoms with Crippen LogP contribution in [0.25, 0.3) is 0 Å². The first-order valence-corrected chi connectivity index (χ1v) is 6.29. The van der Waals surface area contributed by atoms with Crippen LogP contribution < -0.4 is 11.1 Å². The number of carbonyl (C=O) groups excluding carboxylic acids is 1. The molecule has 3 N–H and O–H groups in total. The molecular formula is C14H21ClN2O. The van der Waals surface area contributed by atoms with Gasteiger partial charge in [-0.25, -0.2) is 0 Å². The molecule has 0 atom stereocenters. The molecule has 0 aliphatic heterocycles. The average Bonchev–Trinajstić information content (AvgIpc) is 2.27. The summed E-state index contributed by atoms with van der Waals surface area (Å²) in [7, 11) is 0. The van der Waals surface area contributed by atoms with E-state index in [0.29, 0.717) is 6.42 Å². The lowest BCUT2D eigenvalue weighted by Crippen LogP contribution is -2.53. The molecule has 0 unspecified atom stereocenters. The van der Waals surface area contributed by atoms with Gasteiger partial charge in [-0.3, -0.25) is 4.79 Å². The Kier molecular flexibility index (Phi) is 5.03. The highest BCUT2D eigenvalue weighted by Gasteiger charge is 2.36. The van der Waals surface area contributed by atoms with Crippen molar-refractivity contribution in [1.29, 1.82) is 0 Å². The van der Waals surface area contributed by atoms with Gasteiger partial charge in [-0.15, -0.1) is 12.4 Å². The minimum absolute atomic E-state index is 0. The average molecular weight is 269 g/mol. The smallest absolute Gasteiger partial charge is 0.224 e. The van der Waals surface area contributed by atoms with Crippen LogP contribution in [0.1, 0.15) is 38.2 Å². The Labute approximate surface area is 115 Å². The van der Waals surface area contributed by atoms with Crippen LogP contribution >= 0.6 is 12.4 Å². The van der Waals surface area contributed by atoms with Crippen LogP contribution in [-0.2, 0) is 11.2 Å². The van der Waals surface area contributed by atoms with Gasteiger partial charge in [-0.05, 0) is 43.4 Å². The van der Waals surface area contributed by atoms with Gasteiger partial charge in [0.15, 0.2) is 0 Å². The highest BCUT2D eigenvalue weighted by Crippen LogP contribution is 2.34. The molecule has 0 saturated heterocycles. The maximum absolute atomic E-state index is 11.9. The minimum Gasteiger partial charge on any atom is -0.399 e. The first kappa shape index (κ1) is 14.8. The SMILES string of the molecule is CCC1(NC(=O)Cc2ccc(N)cc2)CCC1.Cl. The quantitative estimate of drug-likeness (QED) is 0.825. The number of hydrogen-bond donors (Lipinski definition) is 2. The lowest BCUT2D eigenvalue weighted by Gasteiger charge is -2.42. The van der Waals surface area contributed by atoms with Crippen LogP contribution in [0.5, 0.6) is 0 Å². The first-order chi connectivity index (χ1) is 8.13. The number of amides is 1. The van der Waals surface area contributed by atoms with Crippen molar-refractivity contribution in [2.24, 2.45) is 0 Å². The summed E-state index contributed by atoms with van der Waals surface area (Å²) in [6.45, 7) is 2.14. The van der Waals surface area contributed by atoms with Crippen molar-refractivity contribution in [3.8, 4) is 0 Å². The summed E-state index contributed by atoms with van der Waals surface area (Å²) in [6.07, 6.45) is 4.95. The van der Waals surface area contributed by atoms with Gasteiger partial charge in [-0.1, -0.05) is 19.1 Å². The molecule has 1 aromatic carbocycles. The zero-order valence-corrected chi connectivity index (χ0v) is 11.6. The molecule has 0 bridgehead atoms. The zero-order chi connectivity index (χ0) is 12.3. The van der Waals surface area contributed by atoms with Crippen LogP contribution in [0.15, 0.2) is 24.3 Å². The van der Waals surface area contributed by atoms with Gasteiger partial charge < -0.3 is 11.1 Å². The van der Waals surface area contributed by atoms with E-state index in [1.54, 1.807) is 0 Å². The molecule has 1 aliphatic rings. The highest BCUT2D eigenvalue weighted by molar-refractivity contribution is 5.85. The number of anilines is 1. The normalized spacial score (nSPS) is 16.3. The Bertz CT molecular complexity index is 393. The number of rotatable bonds is 4. The predicted octanol–water partition coefficient (Wildman–Crippen LogP) is 2.68. The number of hydrogen-bond acceptors (Lipinski definition) is 2. The molecule has 0 spiro atoms. The van der Waals surface area contributed by atoms with Gasteiger partial charge in [0.1, 0.15) is 0 Å². The van der Waals surface area contributed by atoms with Crippen LogP contribution in [0, 0.1) is 0 Å². The standard InChI is InChI=1S/C14H20N2O.ClH/c1-2-14(8-3-9-14)16-13(17)10-11-4-6-12(15)7-5-11;/h4-7H,2-3,8-10,15H2,1H3,(H,16,17);1H. The highest BCUT2D eigenvalue weighted by atomic mass is 35.5. The zero-order valence-electron chi connectivity index (χ0n) is 10.7. The number of nitrogen functional groups attached to an aromatic ring is 1. The molecule has 1 amide bonds. The fraction of sp³-hybridized carbons (Fsp3) is 0.500. The Morgan fingerprint density at radius 1 is 1.33 bits per heavy atom. The van der Waals surface area contributed by atoms with Gasteiger partial charge in [0.25, 0.3) is 0 Å². The summed E-state index contributed by atoms with van der Waals surface area (Å²) >= 11 is 0. The largest absolute Gasteiger partial charge is 0.399 e. The third-order valence-corrected chi connectivity index (χ3v) is 3.74. The van der Waals surface area contributed by atoms with Crippen LogP contribution in [0.4, 0.5) is 5.69 Å². The van der Waals surface area contributed by atoms with Crippen molar-refractivity contribution in [1.82, 2.24) is 5.32 Å². The number of benzene rings is 1. The summed E-state index contributed by atoms with van der Waals surface area (Å²) < 4.78 is 0. The molecule has 3 nitrogen and oxygen atoms in total. The van der Waals surface area contributed by atoms with Crippen molar-refractivity contribution >= 4 is 24.0 Å². The molecule has 0 radical (unpaired) electrons. The molecule has 0 aromatic heterocycles. The van der Waals surface area contributed by atoms with Gasteiger partial charge in [-0.2, -0.15) is 0 Å². The fourth-order valence-electron chi connectivity index (χ4n) is 2.33.